The summed E-state index contributed by atoms with van der Waals surface area (Å²) in [7, 11) is 0. The Morgan fingerprint density at radius 1 is 0.873 bits per heavy atom. The van der Waals surface area contributed by atoms with E-state index < -0.39 is 35.4 Å². The number of benzene rings is 1. The van der Waals surface area contributed by atoms with Gasteiger partial charge in [-0.2, -0.15) is 18.3 Å². The summed E-state index contributed by atoms with van der Waals surface area (Å²) in [6, 6.07) is 13.9. The summed E-state index contributed by atoms with van der Waals surface area (Å²) < 4.78 is 40.7. The first-order valence-corrected chi connectivity index (χ1v) is 18.0. The van der Waals surface area contributed by atoms with Crippen LogP contribution < -0.4 is 31.5 Å². The van der Waals surface area contributed by atoms with E-state index in [9.17, 15) is 32.3 Å². The van der Waals surface area contributed by atoms with Crippen molar-refractivity contribution in [2.75, 3.05) is 66.2 Å². The number of rotatable bonds is 10. The SMILES string of the molecule is NC(=O)c1nn(-c2ccc(N3CCN(CC4CCN(c5ccc(NC6CCC(=O)NC6=O)nc5)CC4)CC3)cc2)cc1NC(=O)c1cccc(C(F)(F)F)n1. The average molecular weight is 760 g/mol. The van der Waals surface area contributed by atoms with Crippen LogP contribution in [0.3, 0.4) is 0 Å². The first kappa shape index (κ1) is 37.3. The van der Waals surface area contributed by atoms with Crippen molar-refractivity contribution in [3.63, 3.8) is 0 Å². The molecule has 6 heterocycles. The number of piperazine rings is 1. The second-order valence-electron chi connectivity index (χ2n) is 13.8. The Labute approximate surface area is 314 Å². The van der Waals surface area contributed by atoms with Gasteiger partial charge in [0.25, 0.3) is 11.8 Å². The maximum atomic E-state index is 13.1. The minimum Gasteiger partial charge on any atom is -0.370 e. The molecule has 5 N–H and O–H groups in total. The molecule has 0 bridgehead atoms. The Bertz CT molecular complexity index is 2040. The van der Waals surface area contributed by atoms with Gasteiger partial charge in [0.1, 0.15) is 23.2 Å². The molecular weight excluding hydrogens is 719 g/mol. The van der Waals surface area contributed by atoms with Crippen LogP contribution >= 0.6 is 0 Å². The fourth-order valence-corrected chi connectivity index (χ4v) is 7.10. The summed E-state index contributed by atoms with van der Waals surface area (Å²) in [6.45, 7) is 6.49. The quantitative estimate of drug-likeness (QED) is 0.174. The maximum Gasteiger partial charge on any atom is 0.433 e. The third-order valence-corrected chi connectivity index (χ3v) is 10.1. The molecule has 3 saturated heterocycles. The normalized spacial score (nSPS) is 18.6. The van der Waals surface area contributed by atoms with Gasteiger partial charge in [0.05, 0.1) is 29.5 Å². The molecule has 3 fully saturated rings. The number of primary amides is 1. The van der Waals surface area contributed by atoms with Crippen molar-refractivity contribution < 1.29 is 32.3 Å². The molecule has 4 aromatic rings. The summed E-state index contributed by atoms with van der Waals surface area (Å²) in [5.41, 5.74) is 6.15. The molecule has 1 unspecified atom stereocenters. The number of nitrogens with two attached hydrogens (primary N) is 1. The second-order valence-corrected chi connectivity index (χ2v) is 13.8. The van der Waals surface area contributed by atoms with Crippen LogP contribution in [-0.2, 0) is 15.8 Å². The molecule has 0 saturated carbocycles. The fraction of sp³-hybridized carbons (Fsp3) is 0.378. The van der Waals surface area contributed by atoms with Crippen LogP contribution in [0.5, 0.6) is 0 Å². The van der Waals surface area contributed by atoms with E-state index in [1.54, 1.807) is 0 Å². The van der Waals surface area contributed by atoms with Crippen LogP contribution in [0.1, 0.15) is 52.4 Å². The first-order valence-electron chi connectivity index (χ1n) is 18.0. The molecule has 1 aromatic carbocycles. The van der Waals surface area contributed by atoms with Gasteiger partial charge in [-0.1, -0.05) is 6.07 Å². The first-order chi connectivity index (χ1) is 26.4. The fourth-order valence-electron chi connectivity index (χ4n) is 7.10. The van der Waals surface area contributed by atoms with Crippen molar-refractivity contribution in [3.05, 3.63) is 84.1 Å². The van der Waals surface area contributed by atoms with Crippen LogP contribution in [0.4, 0.5) is 36.1 Å². The molecule has 0 radical (unpaired) electrons. The van der Waals surface area contributed by atoms with Crippen LogP contribution in [0.25, 0.3) is 5.69 Å². The molecule has 4 amide bonds. The number of nitrogens with zero attached hydrogens (tertiary/aromatic N) is 7. The lowest BCUT2D eigenvalue weighted by Gasteiger charge is -2.40. The monoisotopic (exact) mass is 759 g/mol. The third-order valence-electron chi connectivity index (χ3n) is 10.1. The molecule has 3 aromatic heterocycles. The lowest BCUT2D eigenvalue weighted by Crippen LogP contribution is -2.49. The molecule has 55 heavy (non-hydrogen) atoms. The molecule has 288 valence electrons. The van der Waals surface area contributed by atoms with Crippen molar-refractivity contribution in [2.24, 2.45) is 11.7 Å². The van der Waals surface area contributed by atoms with Crippen LogP contribution in [-0.4, -0.2) is 100 Å². The van der Waals surface area contributed by atoms with Gasteiger partial charge >= 0.3 is 6.18 Å². The van der Waals surface area contributed by atoms with E-state index in [4.69, 9.17) is 5.73 Å². The van der Waals surface area contributed by atoms with E-state index in [0.29, 0.717) is 30.3 Å². The van der Waals surface area contributed by atoms with Crippen molar-refractivity contribution >= 4 is 46.5 Å². The van der Waals surface area contributed by atoms with E-state index in [2.05, 4.69) is 45.7 Å². The van der Waals surface area contributed by atoms with Gasteiger partial charge in [-0.05, 0) is 73.7 Å². The van der Waals surface area contributed by atoms with Gasteiger partial charge in [-0.3, -0.25) is 29.4 Å². The molecule has 18 heteroatoms. The van der Waals surface area contributed by atoms with Crippen molar-refractivity contribution in [1.29, 1.82) is 0 Å². The number of piperidine rings is 2. The standard InChI is InChI=1S/C37H40F3N11O4/c38-37(39,40)30-3-1-2-27(43-30)35(54)45-29-22-51(47-33(29)34(41)53)25-6-4-24(5-7-25)50-18-16-48(17-19-50)21-23-12-14-49(15-13-23)26-8-10-31(42-20-26)44-28-9-11-32(52)46-36(28)55/h1-8,10,20,22-23,28H,9,11-19,21H2,(H2,41,53)(H,42,44)(H,45,54)(H,46,52,55). The minimum absolute atomic E-state index is 0.0603. The molecule has 15 nitrogen and oxygen atoms in total. The van der Waals surface area contributed by atoms with Gasteiger partial charge in [0, 0.05) is 57.9 Å². The predicted octanol–water partition coefficient (Wildman–Crippen LogP) is 3.29. The summed E-state index contributed by atoms with van der Waals surface area (Å²) in [5, 5.41) is 12.1. The van der Waals surface area contributed by atoms with Gasteiger partial charge in [0.2, 0.25) is 11.8 Å². The Morgan fingerprint density at radius 2 is 1.56 bits per heavy atom. The van der Waals surface area contributed by atoms with Crippen LogP contribution in [0, 0.1) is 5.92 Å². The summed E-state index contributed by atoms with van der Waals surface area (Å²) in [5.74, 6) is -1.23. The number of halogens is 3. The number of imide groups is 1. The third kappa shape index (κ3) is 8.86. The zero-order valence-corrected chi connectivity index (χ0v) is 29.8. The Kier molecular flexibility index (Phi) is 10.7. The summed E-state index contributed by atoms with van der Waals surface area (Å²) >= 11 is 0. The average Bonchev–Trinajstić information content (AvgIpc) is 3.61. The topological polar surface area (TPSA) is 184 Å². The van der Waals surface area contributed by atoms with Crippen molar-refractivity contribution in [2.45, 2.75) is 37.9 Å². The predicted molar refractivity (Wildman–Crippen MR) is 197 cm³/mol. The number of pyridine rings is 2. The van der Waals surface area contributed by atoms with Crippen LogP contribution in [0.15, 0.2) is 67.0 Å². The molecule has 1 atom stereocenters. The zero-order valence-electron chi connectivity index (χ0n) is 29.8. The number of anilines is 4. The van der Waals surface area contributed by atoms with Crippen molar-refractivity contribution in [3.8, 4) is 5.69 Å². The molecule has 0 aliphatic carbocycles. The smallest absolute Gasteiger partial charge is 0.370 e. The maximum absolute atomic E-state index is 13.1. The lowest BCUT2D eigenvalue weighted by molar-refractivity contribution is -0.141. The Hall–Kier alpha value is -6.04. The van der Waals surface area contributed by atoms with Gasteiger partial charge in [0.15, 0.2) is 5.69 Å². The highest BCUT2D eigenvalue weighted by Crippen LogP contribution is 2.29. The molecule has 7 rings (SSSR count). The Morgan fingerprint density at radius 3 is 2.22 bits per heavy atom. The molecule has 0 spiro atoms. The number of aromatic nitrogens is 4. The highest BCUT2D eigenvalue weighted by atomic mass is 19.4. The number of carbonyl (C=O) groups excluding carboxylic acids is 4. The summed E-state index contributed by atoms with van der Waals surface area (Å²) in [4.78, 5) is 63.4. The minimum atomic E-state index is -4.73. The second kappa shape index (κ2) is 15.7. The highest BCUT2D eigenvalue weighted by Gasteiger charge is 2.33. The van der Waals surface area contributed by atoms with Gasteiger partial charge in [-0.15, -0.1) is 0 Å². The number of hydrogen-bond donors (Lipinski definition) is 4. The lowest BCUT2D eigenvalue weighted by atomic mass is 9.95. The number of nitrogens with one attached hydrogen (secondary N) is 3. The van der Waals surface area contributed by atoms with E-state index >= 15 is 0 Å². The molecule has 3 aliphatic heterocycles. The van der Waals surface area contributed by atoms with Gasteiger partial charge in [-0.25, -0.2) is 14.6 Å². The summed E-state index contributed by atoms with van der Waals surface area (Å²) in [6.07, 6.45) is 1.40. The number of amides is 4. The largest absolute Gasteiger partial charge is 0.433 e. The zero-order chi connectivity index (χ0) is 38.7. The van der Waals surface area contributed by atoms with Crippen LogP contribution in [0.2, 0.25) is 0 Å². The van der Waals surface area contributed by atoms with E-state index in [-0.39, 0.29) is 23.2 Å². The van der Waals surface area contributed by atoms with E-state index in [1.807, 2.05) is 42.6 Å². The number of carbonyl (C=O) groups is 4. The number of alkyl halides is 3. The van der Waals surface area contributed by atoms with Crippen molar-refractivity contribution in [1.82, 2.24) is 30.0 Å². The highest BCUT2D eigenvalue weighted by molar-refractivity contribution is 6.07. The number of hydrogen-bond acceptors (Lipinski definition) is 11. The van der Waals surface area contributed by atoms with Gasteiger partial charge < -0.3 is 26.2 Å². The van der Waals surface area contributed by atoms with E-state index in [1.165, 1.54) is 10.9 Å². The Balaban J connectivity index is 0.876. The molecule has 3 aliphatic rings. The van der Waals surface area contributed by atoms with E-state index in [0.717, 1.165) is 88.2 Å². The molecular formula is C37H40F3N11O4.